The van der Waals surface area contributed by atoms with Gasteiger partial charge in [-0.3, -0.25) is 0 Å². The molecule has 1 fully saturated rings. The molecule has 3 atom stereocenters. The van der Waals surface area contributed by atoms with Crippen molar-refractivity contribution in [1.82, 2.24) is 5.32 Å². The van der Waals surface area contributed by atoms with Crippen LogP contribution in [0.1, 0.15) is 47.0 Å². The van der Waals surface area contributed by atoms with E-state index in [1.54, 1.807) is 0 Å². The van der Waals surface area contributed by atoms with Crippen molar-refractivity contribution in [3.05, 3.63) is 0 Å². The number of rotatable bonds is 3. The zero-order valence-electron chi connectivity index (χ0n) is 9.94. The first-order chi connectivity index (χ1) is 6.43. The van der Waals surface area contributed by atoms with Crippen molar-refractivity contribution < 1.29 is 4.39 Å². The number of hydrogen-bond acceptors (Lipinski definition) is 1. The summed E-state index contributed by atoms with van der Waals surface area (Å²) in [5.74, 6) is 0.767. The molecule has 0 aromatic rings. The quantitative estimate of drug-likeness (QED) is 0.739. The Morgan fingerprint density at radius 1 is 1.43 bits per heavy atom. The highest BCUT2D eigenvalue weighted by Gasteiger charge is 2.32. The summed E-state index contributed by atoms with van der Waals surface area (Å²) in [4.78, 5) is 0. The Morgan fingerprint density at radius 3 is 2.57 bits per heavy atom. The lowest BCUT2D eigenvalue weighted by molar-refractivity contribution is 0.142. The molecule has 0 amide bonds. The highest BCUT2D eigenvalue weighted by molar-refractivity contribution is 4.87. The second kappa shape index (κ2) is 4.61. The SMILES string of the molecule is CC1CC(NC(C)CF)CC(C)(C)C1. The van der Waals surface area contributed by atoms with Gasteiger partial charge in [0.05, 0.1) is 0 Å². The van der Waals surface area contributed by atoms with Crippen LogP contribution in [0.3, 0.4) is 0 Å². The average molecular weight is 201 g/mol. The van der Waals surface area contributed by atoms with Gasteiger partial charge in [-0.15, -0.1) is 0 Å². The zero-order valence-corrected chi connectivity index (χ0v) is 9.94. The molecule has 0 aliphatic heterocycles. The van der Waals surface area contributed by atoms with Crippen LogP contribution in [-0.2, 0) is 0 Å². The molecule has 84 valence electrons. The molecular formula is C12H24FN. The Bertz CT molecular complexity index is 179. The molecule has 1 aliphatic carbocycles. The standard InChI is InChI=1S/C12H24FN/c1-9-5-11(14-10(2)8-13)7-12(3,4)6-9/h9-11,14H,5-8H2,1-4H3. The lowest BCUT2D eigenvalue weighted by Crippen LogP contribution is -2.44. The van der Waals surface area contributed by atoms with Crippen molar-refractivity contribution in [2.75, 3.05) is 6.67 Å². The van der Waals surface area contributed by atoms with Gasteiger partial charge in [0.25, 0.3) is 0 Å². The summed E-state index contributed by atoms with van der Waals surface area (Å²) in [5, 5.41) is 3.38. The summed E-state index contributed by atoms with van der Waals surface area (Å²) in [6.07, 6.45) is 3.69. The van der Waals surface area contributed by atoms with Gasteiger partial charge in [-0.25, -0.2) is 4.39 Å². The van der Waals surface area contributed by atoms with E-state index < -0.39 is 0 Å². The molecule has 1 aliphatic rings. The van der Waals surface area contributed by atoms with E-state index in [1.807, 2.05) is 6.92 Å². The van der Waals surface area contributed by atoms with Crippen molar-refractivity contribution in [3.63, 3.8) is 0 Å². The molecule has 1 N–H and O–H groups in total. The summed E-state index contributed by atoms with van der Waals surface area (Å²) in [5.41, 5.74) is 0.422. The molecule has 1 rings (SSSR count). The smallest absolute Gasteiger partial charge is 0.104 e. The highest BCUT2D eigenvalue weighted by atomic mass is 19.1. The molecular weight excluding hydrogens is 177 g/mol. The van der Waals surface area contributed by atoms with Gasteiger partial charge in [-0.1, -0.05) is 20.8 Å². The lowest BCUT2D eigenvalue weighted by atomic mass is 9.70. The first-order valence-electron chi connectivity index (χ1n) is 5.75. The Balaban J connectivity index is 2.45. The van der Waals surface area contributed by atoms with Crippen LogP contribution in [0, 0.1) is 11.3 Å². The molecule has 0 bridgehead atoms. The monoisotopic (exact) mass is 201 g/mol. The number of alkyl halides is 1. The van der Waals surface area contributed by atoms with Gasteiger partial charge in [0.2, 0.25) is 0 Å². The van der Waals surface area contributed by atoms with E-state index in [2.05, 4.69) is 26.1 Å². The van der Waals surface area contributed by atoms with E-state index in [1.165, 1.54) is 19.3 Å². The molecule has 1 nitrogen and oxygen atoms in total. The molecule has 0 saturated heterocycles. The summed E-state index contributed by atoms with van der Waals surface area (Å²) in [6.45, 7) is 8.60. The van der Waals surface area contributed by atoms with Gasteiger partial charge in [-0.05, 0) is 37.5 Å². The van der Waals surface area contributed by atoms with E-state index in [9.17, 15) is 4.39 Å². The van der Waals surface area contributed by atoms with Crippen LogP contribution in [-0.4, -0.2) is 18.8 Å². The molecule has 3 unspecified atom stereocenters. The molecule has 2 heteroatoms. The van der Waals surface area contributed by atoms with Crippen LogP contribution in [0.25, 0.3) is 0 Å². The third kappa shape index (κ3) is 3.56. The van der Waals surface area contributed by atoms with E-state index >= 15 is 0 Å². The van der Waals surface area contributed by atoms with E-state index in [4.69, 9.17) is 0 Å². The molecule has 0 spiro atoms. The number of nitrogens with one attached hydrogen (secondary N) is 1. The minimum atomic E-state index is -0.259. The second-order valence-corrected chi connectivity index (χ2v) is 5.83. The fourth-order valence-corrected chi connectivity index (χ4v) is 2.92. The largest absolute Gasteiger partial charge is 0.309 e. The van der Waals surface area contributed by atoms with Gasteiger partial charge >= 0.3 is 0 Å². The van der Waals surface area contributed by atoms with Crippen LogP contribution in [0.4, 0.5) is 4.39 Å². The first kappa shape index (κ1) is 12.0. The van der Waals surface area contributed by atoms with E-state index in [-0.39, 0.29) is 12.7 Å². The Kier molecular flexibility index (Phi) is 3.94. The van der Waals surface area contributed by atoms with E-state index in [0.29, 0.717) is 11.5 Å². The maximum absolute atomic E-state index is 12.4. The summed E-state index contributed by atoms with van der Waals surface area (Å²) in [7, 11) is 0. The van der Waals surface area contributed by atoms with E-state index in [0.717, 1.165) is 5.92 Å². The van der Waals surface area contributed by atoms with Gasteiger partial charge in [-0.2, -0.15) is 0 Å². The minimum Gasteiger partial charge on any atom is -0.309 e. The lowest BCUT2D eigenvalue weighted by Gasteiger charge is -2.40. The number of halogens is 1. The predicted molar refractivity (Wildman–Crippen MR) is 59.2 cm³/mol. The van der Waals surface area contributed by atoms with Crippen LogP contribution in [0.15, 0.2) is 0 Å². The fraction of sp³-hybridized carbons (Fsp3) is 1.00. The summed E-state index contributed by atoms with van der Waals surface area (Å²) in [6, 6.07) is 0.528. The minimum absolute atomic E-state index is 0.0149. The normalized spacial score (nSPS) is 34.1. The van der Waals surface area contributed by atoms with Crippen LogP contribution >= 0.6 is 0 Å². The number of hydrogen-bond donors (Lipinski definition) is 1. The van der Waals surface area contributed by atoms with Crippen molar-refractivity contribution in [2.24, 2.45) is 11.3 Å². The Hall–Kier alpha value is -0.110. The van der Waals surface area contributed by atoms with Gasteiger partial charge < -0.3 is 5.32 Å². The Morgan fingerprint density at radius 2 is 2.07 bits per heavy atom. The highest BCUT2D eigenvalue weighted by Crippen LogP contribution is 2.38. The van der Waals surface area contributed by atoms with Crippen LogP contribution in [0.2, 0.25) is 0 Å². The van der Waals surface area contributed by atoms with Crippen LogP contribution < -0.4 is 5.32 Å². The van der Waals surface area contributed by atoms with Crippen molar-refractivity contribution in [1.29, 1.82) is 0 Å². The van der Waals surface area contributed by atoms with Gasteiger partial charge in [0.15, 0.2) is 0 Å². The molecule has 14 heavy (non-hydrogen) atoms. The third-order valence-corrected chi connectivity index (χ3v) is 3.14. The van der Waals surface area contributed by atoms with Crippen LogP contribution in [0.5, 0.6) is 0 Å². The maximum atomic E-state index is 12.4. The molecule has 0 heterocycles. The second-order valence-electron chi connectivity index (χ2n) is 5.83. The average Bonchev–Trinajstić information content (AvgIpc) is 1.99. The third-order valence-electron chi connectivity index (χ3n) is 3.14. The van der Waals surface area contributed by atoms with Gasteiger partial charge in [0, 0.05) is 12.1 Å². The van der Waals surface area contributed by atoms with Crippen molar-refractivity contribution in [2.45, 2.75) is 59.0 Å². The maximum Gasteiger partial charge on any atom is 0.104 e. The topological polar surface area (TPSA) is 12.0 Å². The molecule has 1 saturated carbocycles. The zero-order chi connectivity index (χ0) is 10.8. The van der Waals surface area contributed by atoms with Crippen molar-refractivity contribution >= 4 is 0 Å². The van der Waals surface area contributed by atoms with Crippen molar-refractivity contribution in [3.8, 4) is 0 Å². The predicted octanol–water partition coefficient (Wildman–Crippen LogP) is 3.15. The fourth-order valence-electron chi connectivity index (χ4n) is 2.92. The summed E-state index contributed by atoms with van der Waals surface area (Å²) < 4.78 is 12.4. The molecule has 0 aromatic heterocycles. The summed E-state index contributed by atoms with van der Waals surface area (Å²) >= 11 is 0. The van der Waals surface area contributed by atoms with Gasteiger partial charge in [0.1, 0.15) is 6.67 Å². The Labute approximate surface area is 87.5 Å². The first-order valence-corrected chi connectivity index (χ1v) is 5.75. The molecule has 0 aromatic carbocycles. The molecule has 0 radical (unpaired) electrons.